The molecule has 0 aliphatic rings. The van der Waals surface area contributed by atoms with Crippen LogP contribution >= 0.6 is 0 Å². The minimum Gasteiger partial charge on any atom is -0.392 e. The first-order valence-corrected chi connectivity index (χ1v) is 9.41. The van der Waals surface area contributed by atoms with Crippen LogP contribution in [0.4, 0.5) is 5.82 Å². The number of nitrogens with zero attached hydrogens (tertiary/aromatic N) is 4. The summed E-state index contributed by atoms with van der Waals surface area (Å²) in [5.41, 5.74) is 10.8. The smallest absolute Gasteiger partial charge is 0.165 e. The van der Waals surface area contributed by atoms with E-state index in [1.807, 2.05) is 53.1 Å². The van der Waals surface area contributed by atoms with Gasteiger partial charge in [0.1, 0.15) is 11.3 Å². The van der Waals surface area contributed by atoms with Crippen molar-refractivity contribution < 1.29 is 7.85 Å². The second kappa shape index (κ2) is 7.42. The Morgan fingerprint density at radius 1 is 0.900 bits per heavy atom. The van der Waals surface area contributed by atoms with Gasteiger partial charge >= 0.3 is 0 Å². The van der Waals surface area contributed by atoms with E-state index in [-0.39, 0.29) is 5.56 Å². The molecule has 0 fully saturated rings. The molecule has 0 saturated heterocycles. The molecule has 0 radical (unpaired) electrons. The number of benzene rings is 2. The van der Waals surface area contributed by atoms with Gasteiger partial charge in [-0.25, -0.2) is 15.0 Å². The molecule has 0 aliphatic carbocycles. The van der Waals surface area contributed by atoms with Crippen LogP contribution in [-0.2, 0) is 6.56 Å². The Kier molecular flexibility index (Phi) is 3.92. The molecule has 0 aliphatic heterocycles. The number of imidazole rings is 1. The molecule has 0 amide bonds. The van der Waals surface area contributed by atoms with Gasteiger partial charge in [0.25, 0.3) is 0 Å². The normalized spacial score (nSPS) is 12.6. The van der Waals surface area contributed by atoms with E-state index >= 15 is 0 Å². The van der Waals surface area contributed by atoms with Crippen molar-refractivity contribution in [2.75, 3.05) is 5.73 Å². The Hall–Kier alpha value is -4.03. The summed E-state index contributed by atoms with van der Waals surface area (Å²) < 4.78 is 17.0. The fourth-order valence-corrected chi connectivity index (χ4v) is 3.44. The third-order valence-corrected chi connectivity index (χ3v) is 4.91. The average molecular weight is 395 g/mol. The minimum atomic E-state index is -2.43. The van der Waals surface area contributed by atoms with Gasteiger partial charge in [-0.3, -0.25) is 4.57 Å². The van der Waals surface area contributed by atoms with Crippen molar-refractivity contribution in [3.8, 4) is 28.3 Å². The van der Waals surface area contributed by atoms with Crippen molar-refractivity contribution in [3.63, 3.8) is 0 Å². The Morgan fingerprint density at radius 2 is 1.70 bits per heavy atom. The number of hydrogen-bond donors (Lipinski definition) is 2. The molecule has 30 heavy (non-hydrogen) atoms. The molecule has 3 aromatic heterocycles. The molecule has 3 heterocycles. The van der Waals surface area contributed by atoms with E-state index < -0.39 is 6.56 Å². The highest BCUT2D eigenvalue weighted by molar-refractivity contribution is 5.84. The number of hydrogen-bond acceptors (Lipinski definition) is 5. The van der Waals surface area contributed by atoms with E-state index in [0.29, 0.717) is 34.1 Å². The van der Waals surface area contributed by atoms with Crippen LogP contribution in [0.3, 0.4) is 0 Å². The molecule has 146 valence electrons. The molecule has 6 heteroatoms. The van der Waals surface area contributed by atoms with Gasteiger partial charge in [-0.15, -0.1) is 0 Å². The summed E-state index contributed by atoms with van der Waals surface area (Å²) in [5.74, 6) is 0.915. The van der Waals surface area contributed by atoms with E-state index in [9.17, 15) is 5.11 Å². The quantitative estimate of drug-likeness (QED) is 0.475. The first-order valence-electron chi connectivity index (χ1n) is 10.4. The zero-order valence-electron chi connectivity index (χ0n) is 17.9. The van der Waals surface area contributed by atoms with Crippen LogP contribution in [0.2, 0.25) is 0 Å². The Bertz CT molecular complexity index is 1410. The van der Waals surface area contributed by atoms with Crippen LogP contribution in [0.25, 0.3) is 39.5 Å². The molecule has 5 aromatic rings. The van der Waals surface area contributed by atoms with Crippen LogP contribution in [0, 0.1) is 0 Å². The SMILES string of the molecule is [2H]C([2H])(O)c1ccc(-n2c(-c3cccnc3N)nc3ccc(-c4ccccc4)nc32)cc1. The number of nitrogens with two attached hydrogens (primary N) is 1. The Morgan fingerprint density at radius 3 is 2.43 bits per heavy atom. The molecule has 6 nitrogen and oxygen atoms in total. The predicted octanol–water partition coefficient (Wildman–Crippen LogP) is 4.22. The first-order chi connectivity index (χ1) is 15.4. The number of nitrogen functional groups attached to an aromatic ring is 1. The van der Waals surface area contributed by atoms with Crippen LogP contribution in [0.15, 0.2) is 85.1 Å². The van der Waals surface area contributed by atoms with Crippen molar-refractivity contribution in [2.24, 2.45) is 0 Å². The lowest BCUT2D eigenvalue weighted by atomic mass is 10.1. The average Bonchev–Trinajstić information content (AvgIpc) is 3.18. The number of fused-ring (bicyclic) bond motifs is 1. The Labute approximate surface area is 176 Å². The molecule has 0 unspecified atom stereocenters. The summed E-state index contributed by atoms with van der Waals surface area (Å²) >= 11 is 0. The third kappa shape index (κ3) is 3.09. The number of aromatic nitrogens is 4. The van der Waals surface area contributed by atoms with Gasteiger partial charge in [0, 0.05) is 17.4 Å². The maximum Gasteiger partial charge on any atom is 0.165 e. The lowest BCUT2D eigenvalue weighted by Crippen LogP contribution is -2.02. The summed E-state index contributed by atoms with van der Waals surface area (Å²) in [4.78, 5) is 13.9. The summed E-state index contributed by atoms with van der Waals surface area (Å²) in [6.45, 7) is -2.43. The second-order valence-corrected chi connectivity index (χ2v) is 6.77. The molecule has 5 rings (SSSR count). The van der Waals surface area contributed by atoms with E-state index in [0.717, 1.165) is 11.3 Å². The van der Waals surface area contributed by atoms with Gasteiger partial charge in [-0.1, -0.05) is 42.5 Å². The largest absolute Gasteiger partial charge is 0.392 e. The molecule has 0 saturated carbocycles. The Balaban J connectivity index is 1.77. The molecule has 0 bridgehead atoms. The summed E-state index contributed by atoms with van der Waals surface area (Å²) in [7, 11) is 0. The number of anilines is 1. The molecular formula is C24H19N5O. The van der Waals surface area contributed by atoms with Crippen molar-refractivity contribution >= 4 is 17.0 Å². The van der Waals surface area contributed by atoms with Crippen LogP contribution < -0.4 is 5.73 Å². The maximum absolute atomic E-state index is 9.69. The van der Waals surface area contributed by atoms with Gasteiger partial charge in [0.05, 0.1) is 20.6 Å². The molecular weight excluding hydrogens is 374 g/mol. The zero-order valence-corrected chi connectivity index (χ0v) is 15.9. The number of aliphatic hydroxyl groups is 1. The number of pyridine rings is 2. The number of rotatable bonds is 4. The molecule has 0 spiro atoms. The van der Waals surface area contributed by atoms with Crippen LogP contribution in [-0.4, -0.2) is 24.6 Å². The maximum atomic E-state index is 9.69. The topological polar surface area (TPSA) is 89.8 Å². The van der Waals surface area contributed by atoms with Crippen LogP contribution in [0.1, 0.15) is 8.30 Å². The lowest BCUT2D eigenvalue weighted by molar-refractivity contribution is 0.282. The molecule has 0 atom stereocenters. The minimum absolute atomic E-state index is 0.158. The fourth-order valence-electron chi connectivity index (χ4n) is 3.44. The summed E-state index contributed by atoms with van der Waals surface area (Å²) in [5, 5.41) is 9.69. The van der Waals surface area contributed by atoms with Gasteiger partial charge in [0.2, 0.25) is 0 Å². The van der Waals surface area contributed by atoms with E-state index in [4.69, 9.17) is 18.4 Å². The van der Waals surface area contributed by atoms with E-state index in [2.05, 4.69) is 4.98 Å². The van der Waals surface area contributed by atoms with Crippen molar-refractivity contribution in [1.82, 2.24) is 19.5 Å². The van der Waals surface area contributed by atoms with Gasteiger partial charge in [-0.05, 0) is 42.0 Å². The zero-order chi connectivity index (χ0) is 22.3. The lowest BCUT2D eigenvalue weighted by Gasteiger charge is -2.11. The second-order valence-electron chi connectivity index (χ2n) is 6.77. The van der Waals surface area contributed by atoms with Crippen LogP contribution in [0.5, 0.6) is 0 Å². The van der Waals surface area contributed by atoms with E-state index in [1.54, 1.807) is 36.5 Å². The molecule has 3 N–H and O–H groups in total. The third-order valence-electron chi connectivity index (χ3n) is 4.91. The fraction of sp³-hybridized carbons (Fsp3) is 0.0417. The van der Waals surface area contributed by atoms with Gasteiger partial charge < -0.3 is 10.8 Å². The van der Waals surface area contributed by atoms with Crippen molar-refractivity contribution in [2.45, 2.75) is 6.56 Å². The monoisotopic (exact) mass is 395 g/mol. The van der Waals surface area contributed by atoms with E-state index in [1.165, 1.54) is 0 Å². The van der Waals surface area contributed by atoms with Crippen molar-refractivity contribution in [3.05, 3.63) is 90.6 Å². The summed E-state index contributed by atoms with van der Waals surface area (Å²) in [6, 6.07) is 23.9. The van der Waals surface area contributed by atoms with Gasteiger partial charge in [-0.2, -0.15) is 0 Å². The molecule has 2 aromatic carbocycles. The highest BCUT2D eigenvalue weighted by Gasteiger charge is 2.18. The first kappa shape index (κ1) is 15.8. The summed E-state index contributed by atoms with van der Waals surface area (Å²) in [6.07, 6.45) is 1.62. The highest BCUT2D eigenvalue weighted by Crippen LogP contribution is 2.31. The van der Waals surface area contributed by atoms with Crippen molar-refractivity contribution in [1.29, 1.82) is 0 Å². The highest BCUT2D eigenvalue weighted by atomic mass is 16.3. The predicted molar refractivity (Wildman–Crippen MR) is 118 cm³/mol. The van der Waals surface area contributed by atoms with Gasteiger partial charge in [0.15, 0.2) is 11.5 Å². The standard InChI is InChI=1S/C24H19N5O/c25-22-19(7-4-14-26-22)23-28-21-13-12-20(17-5-2-1-3-6-17)27-24(21)29(23)18-10-8-16(15-30)9-11-18/h1-14,30H,15H2,(H2,25,26)/i15D2.